The molecule has 4 N–H and O–H groups in total. The Labute approximate surface area is 159 Å². The smallest absolute Gasteiger partial charge is 0.304 e. The highest BCUT2D eigenvalue weighted by Gasteiger charge is 2.48. The molecule has 12 heteroatoms. The first-order valence-electron chi connectivity index (χ1n) is 8.31. The maximum Gasteiger partial charge on any atom is 0.304 e. The summed E-state index contributed by atoms with van der Waals surface area (Å²) in [5, 5.41) is 17.8. The second-order valence-corrected chi connectivity index (χ2v) is 6.25. The molecule has 1 atom stereocenters. The molecule has 0 spiro atoms. The molecule has 1 unspecified atom stereocenters. The van der Waals surface area contributed by atoms with Crippen LogP contribution in [0.3, 0.4) is 0 Å². The van der Waals surface area contributed by atoms with Gasteiger partial charge in [0.25, 0.3) is 5.91 Å². The number of aromatic nitrogens is 7. The van der Waals surface area contributed by atoms with Crippen LogP contribution in [0.15, 0.2) is 30.9 Å². The predicted molar refractivity (Wildman–Crippen MR) is 97.3 cm³/mol. The van der Waals surface area contributed by atoms with Crippen LogP contribution in [0.4, 0.5) is 11.8 Å². The van der Waals surface area contributed by atoms with Crippen LogP contribution in [0.5, 0.6) is 0 Å². The van der Waals surface area contributed by atoms with Crippen LogP contribution in [-0.2, 0) is 29.4 Å². The molecule has 12 nitrogen and oxygen atoms in total. The summed E-state index contributed by atoms with van der Waals surface area (Å²) in [4.78, 5) is 21.1. The summed E-state index contributed by atoms with van der Waals surface area (Å²) in [5.41, 5.74) is 6.18. The number of nitrogens with one attached hydrogen (secondary N) is 2. The maximum atomic E-state index is 12.2. The van der Waals surface area contributed by atoms with Crippen LogP contribution in [-0.4, -0.2) is 40.6 Å². The van der Waals surface area contributed by atoms with Crippen molar-refractivity contribution in [2.75, 3.05) is 5.32 Å². The van der Waals surface area contributed by atoms with Crippen LogP contribution >= 0.6 is 0 Å². The van der Waals surface area contributed by atoms with Crippen LogP contribution in [0, 0.1) is 6.92 Å². The number of ether oxygens (including phenoxy) is 1. The van der Waals surface area contributed by atoms with E-state index in [2.05, 4.69) is 36.0 Å². The fourth-order valence-corrected chi connectivity index (χ4v) is 2.88. The van der Waals surface area contributed by atoms with Gasteiger partial charge in [-0.2, -0.15) is 5.10 Å². The van der Waals surface area contributed by atoms with Crippen molar-refractivity contribution in [3.8, 4) is 0 Å². The number of hydrogen-bond donors (Lipinski definition) is 3. The van der Waals surface area contributed by atoms with E-state index in [-0.39, 0.29) is 0 Å². The van der Waals surface area contributed by atoms with Crippen molar-refractivity contribution in [1.82, 2.24) is 40.1 Å². The van der Waals surface area contributed by atoms with Gasteiger partial charge in [0, 0.05) is 26.4 Å². The van der Waals surface area contributed by atoms with E-state index in [1.165, 1.54) is 17.1 Å². The van der Waals surface area contributed by atoms with Crippen LogP contribution < -0.4 is 16.4 Å². The normalized spacial score (nSPS) is 18.3. The van der Waals surface area contributed by atoms with Gasteiger partial charge in [0.05, 0.1) is 23.8 Å². The topological polar surface area (TPSA) is 151 Å². The Morgan fingerprint density at radius 3 is 2.79 bits per heavy atom. The Hall–Kier alpha value is -3.96. The van der Waals surface area contributed by atoms with Gasteiger partial charge in [0.15, 0.2) is 0 Å². The summed E-state index contributed by atoms with van der Waals surface area (Å²) >= 11 is 0. The molecule has 1 amide bonds. The standard InChI is InChI=1S/C16H18N10O2/c1-9-6-18-15(21-12-4-5-20-26(12)3)22-13(9)10-8-28-16(23-10,14(17)27)11-7-19-24-25(11)2/h4-8,23H,1-3H3,(H2,17,27)(H,18,21,22). The number of nitrogens with zero attached hydrogens (tertiary/aromatic N) is 7. The minimum absolute atomic E-state index is 0.366. The average Bonchev–Trinajstić information content (AvgIpc) is 3.38. The molecular formula is C16H18N10O2. The molecule has 0 aromatic carbocycles. The lowest BCUT2D eigenvalue weighted by molar-refractivity contribution is -0.139. The average molecular weight is 382 g/mol. The molecule has 1 aliphatic rings. The molecule has 0 radical (unpaired) electrons. The summed E-state index contributed by atoms with van der Waals surface area (Å²) in [6.45, 7) is 1.85. The molecular weight excluding hydrogens is 364 g/mol. The summed E-state index contributed by atoms with van der Waals surface area (Å²) < 4.78 is 8.74. The zero-order valence-corrected chi connectivity index (χ0v) is 15.4. The fraction of sp³-hybridized carbons (Fsp3) is 0.250. The molecule has 0 aliphatic carbocycles. The molecule has 3 aromatic heterocycles. The summed E-state index contributed by atoms with van der Waals surface area (Å²) in [5.74, 6) is 0.363. The van der Waals surface area contributed by atoms with E-state index in [4.69, 9.17) is 10.5 Å². The minimum Gasteiger partial charge on any atom is -0.459 e. The first kappa shape index (κ1) is 17.5. The second kappa shape index (κ2) is 6.33. The third-order valence-corrected chi connectivity index (χ3v) is 4.37. The van der Waals surface area contributed by atoms with Gasteiger partial charge in [-0.3, -0.25) is 9.48 Å². The van der Waals surface area contributed by atoms with Gasteiger partial charge in [0.2, 0.25) is 5.95 Å². The molecule has 0 saturated carbocycles. The lowest BCUT2D eigenvalue weighted by Gasteiger charge is -2.25. The number of carbonyl (C=O) groups excluding carboxylic acids is 1. The quantitative estimate of drug-likeness (QED) is 0.537. The molecule has 0 saturated heterocycles. The summed E-state index contributed by atoms with van der Waals surface area (Å²) in [7, 11) is 3.44. The minimum atomic E-state index is -1.62. The van der Waals surface area contributed by atoms with Crippen molar-refractivity contribution in [3.05, 3.63) is 47.9 Å². The van der Waals surface area contributed by atoms with Crippen LogP contribution in [0.1, 0.15) is 17.0 Å². The number of nitrogens with two attached hydrogens (primary N) is 1. The molecule has 4 rings (SSSR count). The highest BCUT2D eigenvalue weighted by molar-refractivity contribution is 5.87. The van der Waals surface area contributed by atoms with Gasteiger partial charge in [-0.15, -0.1) is 5.10 Å². The number of anilines is 2. The van der Waals surface area contributed by atoms with Gasteiger partial charge in [-0.1, -0.05) is 5.21 Å². The van der Waals surface area contributed by atoms with E-state index in [1.807, 2.05) is 6.92 Å². The molecule has 144 valence electrons. The van der Waals surface area contributed by atoms with Crippen molar-refractivity contribution in [2.45, 2.75) is 12.6 Å². The zero-order valence-electron chi connectivity index (χ0n) is 15.4. The van der Waals surface area contributed by atoms with E-state index in [9.17, 15) is 4.79 Å². The first-order chi connectivity index (χ1) is 13.4. The predicted octanol–water partition coefficient (Wildman–Crippen LogP) is -0.353. The second-order valence-electron chi connectivity index (χ2n) is 6.25. The SMILES string of the molecule is Cc1cnc(Nc2ccnn2C)nc1C1=COC(C(N)=O)(c2cnnn2C)N1. The largest absolute Gasteiger partial charge is 0.459 e. The monoisotopic (exact) mass is 382 g/mol. The lowest BCUT2D eigenvalue weighted by atomic mass is 10.1. The Morgan fingerprint density at radius 1 is 1.32 bits per heavy atom. The number of carbonyl (C=O) groups is 1. The number of aryl methyl sites for hydroxylation is 3. The van der Waals surface area contributed by atoms with E-state index >= 15 is 0 Å². The van der Waals surface area contributed by atoms with Crippen LogP contribution in [0.2, 0.25) is 0 Å². The van der Waals surface area contributed by atoms with Crippen molar-refractivity contribution >= 4 is 23.4 Å². The Morgan fingerprint density at radius 2 is 2.14 bits per heavy atom. The third-order valence-electron chi connectivity index (χ3n) is 4.37. The number of amides is 1. The van der Waals surface area contributed by atoms with E-state index in [0.717, 1.165) is 11.4 Å². The van der Waals surface area contributed by atoms with Crippen molar-refractivity contribution < 1.29 is 9.53 Å². The Kier molecular flexibility index (Phi) is 3.95. The summed E-state index contributed by atoms with van der Waals surface area (Å²) in [6, 6.07) is 1.80. The van der Waals surface area contributed by atoms with Gasteiger partial charge in [0.1, 0.15) is 17.8 Å². The van der Waals surface area contributed by atoms with Crippen molar-refractivity contribution in [3.63, 3.8) is 0 Å². The van der Waals surface area contributed by atoms with E-state index in [1.54, 1.807) is 37.2 Å². The Bertz CT molecular complexity index is 1080. The van der Waals surface area contributed by atoms with E-state index < -0.39 is 11.6 Å². The molecule has 4 heterocycles. The lowest BCUT2D eigenvalue weighted by Crippen LogP contribution is -2.51. The van der Waals surface area contributed by atoms with Gasteiger partial charge < -0.3 is 21.1 Å². The zero-order chi connectivity index (χ0) is 19.9. The van der Waals surface area contributed by atoms with Gasteiger partial charge in [-0.05, 0) is 12.5 Å². The molecule has 3 aromatic rings. The maximum absolute atomic E-state index is 12.2. The molecule has 0 bridgehead atoms. The first-order valence-corrected chi connectivity index (χ1v) is 8.31. The molecule has 28 heavy (non-hydrogen) atoms. The fourth-order valence-electron chi connectivity index (χ4n) is 2.88. The number of primary amides is 1. The Balaban J connectivity index is 1.66. The number of hydrogen-bond acceptors (Lipinski definition) is 9. The highest BCUT2D eigenvalue weighted by Crippen LogP contribution is 2.32. The van der Waals surface area contributed by atoms with Crippen molar-refractivity contribution in [1.29, 1.82) is 0 Å². The van der Waals surface area contributed by atoms with E-state index in [0.29, 0.717) is 23.0 Å². The van der Waals surface area contributed by atoms with Gasteiger partial charge in [-0.25, -0.2) is 14.6 Å². The number of rotatable bonds is 5. The molecule has 1 aliphatic heterocycles. The third kappa shape index (κ3) is 2.71. The molecule has 0 fully saturated rings. The van der Waals surface area contributed by atoms with Crippen LogP contribution in [0.25, 0.3) is 5.70 Å². The summed E-state index contributed by atoms with van der Waals surface area (Å²) in [6.07, 6.45) is 6.15. The van der Waals surface area contributed by atoms with Gasteiger partial charge >= 0.3 is 5.72 Å². The highest BCUT2D eigenvalue weighted by atomic mass is 16.5. The van der Waals surface area contributed by atoms with Crippen molar-refractivity contribution in [2.24, 2.45) is 19.8 Å².